The molecule has 4 aromatic rings. The average molecular weight is 489 g/mol. The molecule has 1 aliphatic heterocycles. The number of piperazine rings is 1. The topological polar surface area (TPSA) is 75.5 Å². The zero-order valence-corrected chi connectivity index (χ0v) is 20.7. The number of nitrogens with zero attached hydrogens (tertiary/aromatic N) is 5. The van der Waals surface area contributed by atoms with Crippen molar-refractivity contribution in [1.82, 2.24) is 24.6 Å². The number of aromatic nitrogens is 3. The summed E-state index contributed by atoms with van der Waals surface area (Å²) < 4.78 is 8.61. The van der Waals surface area contributed by atoms with Crippen LogP contribution in [-0.2, 0) is 6.54 Å². The van der Waals surface area contributed by atoms with Gasteiger partial charge in [0.1, 0.15) is 5.75 Å². The summed E-state index contributed by atoms with van der Waals surface area (Å²) >= 11 is 1.55. The number of anilines is 1. The van der Waals surface area contributed by atoms with E-state index in [9.17, 15) is 4.79 Å². The van der Waals surface area contributed by atoms with Crippen molar-refractivity contribution in [2.75, 3.05) is 31.5 Å². The van der Waals surface area contributed by atoms with Gasteiger partial charge >= 0.3 is 6.03 Å². The summed E-state index contributed by atoms with van der Waals surface area (Å²) in [5.41, 5.74) is 4.06. The normalized spacial score (nSPS) is 14.3. The first-order valence-electron chi connectivity index (χ1n) is 11.6. The summed E-state index contributed by atoms with van der Waals surface area (Å²) in [6.07, 6.45) is 1.68. The molecule has 3 heterocycles. The molecular formula is C26H28N6O2S. The minimum absolute atomic E-state index is 0.110. The first kappa shape index (κ1) is 23.1. The van der Waals surface area contributed by atoms with Crippen molar-refractivity contribution in [3.05, 3.63) is 78.1 Å². The van der Waals surface area contributed by atoms with Crippen LogP contribution in [0.25, 0.3) is 10.2 Å². The summed E-state index contributed by atoms with van der Waals surface area (Å²) in [5.74, 6) is 1.42. The van der Waals surface area contributed by atoms with E-state index < -0.39 is 0 Å². The number of benzene rings is 2. The monoisotopic (exact) mass is 488 g/mol. The van der Waals surface area contributed by atoms with Gasteiger partial charge in [-0.2, -0.15) is 4.68 Å². The van der Waals surface area contributed by atoms with Gasteiger partial charge in [0.05, 0.1) is 10.2 Å². The maximum atomic E-state index is 12.8. The Morgan fingerprint density at radius 1 is 1.14 bits per heavy atom. The van der Waals surface area contributed by atoms with E-state index in [1.54, 1.807) is 23.6 Å². The van der Waals surface area contributed by atoms with Crippen molar-refractivity contribution in [1.29, 1.82) is 0 Å². The number of amides is 1. The van der Waals surface area contributed by atoms with E-state index in [-0.39, 0.29) is 6.03 Å². The number of rotatable bonds is 6. The highest BCUT2D eigenvalue weighted by Gasteiger charge is 2.23. The van der Waals surface area contributed by atoms with E-state index in [1.807, 2.05) is 36.1 Å². The third-order valence-corrected chi connectivity index (χ3v) is 6.68. The van der Waals surface area contributed by atoms with E-state index in [0.717, 1.165) is 46.9 Å². The van der Waals surface area contributed by atoms with Crippen molar-refractivity contribution in [2.24, 2.45) is 0 Å². The molecule has 1 saturated heterocycles. The Labute approximate surface area is 208 Å². The molecule has 5 rings (SSSR count). The predicted octanol–water partition coefficient (Wildman–Crippen LogP) is 5.32. The second-order valence-corrected chi connectivity index (χ2v) is 9.79. The van der Waals surface area contributed by atoms with Crippen molar-refractivity contribution in [2.45, 2.75) is 20.4 Å². The van der Waals surface area contributed by atoms with E-state index in [2.05, 4.69) is 52.0 Å². The third kappa shape index (κ3) is 5.52. The number of allylic oxidation sites excluding steroid dienone is 1. The average Bonchev–Trinajstić information content (AvgIpc) is 3.44. The lowest BCUT2D eigenvalue weighted by atomic mass is 10.1. The molecule has 0 unspecified atom stereocenters. The third-order valence-electron chi connectivity index (χ3n) is 5.77. The summed E-state index contributed by atoms with van der Waals surface area (Å²) in [7, 11) is 0. The summed E-state index contributed by atoms with van der Waals surface area (Å²) in [4.78, 5) is 21.6. The van der Waals surface area contributed by atoms with Crippen LogP contribution in [0.2, 0.25) is 0 Å². The molecule has 0 atom stereocenters. The van der Waals surface area contributed by atoms with Crippen molar-refractivity contribution >= 4 is 33.4 Å². The van der Waals surface area contributed by atoms with Crippen LogP contribution in [-0.4, -0.2) is 56.8 Å². The number of para-hydroxylation sites is 1. The summed E-state index contributed by atoms with van der Waals surface area (Å²) in [6.45, 7) is 11.4. The van der Waals surface area contributed by atoms with Gasteiger partial charge in [-0.3, -0.25) is 4.90 Å². The fourth-order valence-electron chi connectivity index (χ4n) is 4.19. The molecule has 1 fully saturated rings. The molecule has 180 valence electrons. The van der Waals surface area contributed by atoms with Crippen molar-refractivity contribution in [3.8, 4) is 10.9 Å². The Balaban J connectivity index is 1.19. The van der Waals surface area contributed by atoms with Gasteiger partial charge in [-0.25, -0.2) is 9.78 Å². The number of nitrogens with one attached hydrogen (secondary N) is 1. The molecule has 2 aromatic heterocycles. The van der Waals surface area contributed by atoms with E-state index in [1.165, 1.54) is 10.2 Å². The van der Waals surface area contributed by atoms with Gasteiger partial charge in [0.15, 0.2) is 5.82 Å². The number of hydrogen-bond donors (Lipinski definition) is 1. The van der Waals surface area contributed by atoms with Crippen LogP contribution < -0.4 is 10.1 Å². The molecule has 35 heavy (non-hydrogen) atoms. The van der Waals surface area contributed by atoms with Gasteiger partial charge in [0.2, 0.25) is 0 Å². The Kier molecular flexibility index (Phi) is 6.52. The summed E-state index contributed by atoms with van der Waals surface area (Å²) in [5, 5.41) is 7.98. The first-order valence-corrected chi connectivity index (χ1v) is 12.4. The molecule has 1 amide bonds. The number of thiazole rings is 1. The van der Waals surface area contributed by atoms with Gasteiger partial charge in [0, 0.05) is 50.7 Å². The molecule has 0 radical (unpaired) electrons. The van der Waals surface area contributed by atoms with Crippen LogP contribution in [0.1, 0.15) is 18.1 Å². The number of carbonyl (C=O) groups is 1. The zero-order valence-electron chi connectivity index (χ0n) is 19.9. The number of ether oxygens (including phenoxy) is 1. The molecule has 0 aliphatic carbocycles. The lowest BCUT2D eigenvalue weighted by molar-refractivity contribution is 0.134. The van der Waals surface area contributed by atoms with Crippen LogP contribution in [0, 0.1) is 6.92 Å². The number of aryl methyl sites for hydroxylation is 1. The molecule has 0 saturated carbocycles. The maximum absolute atomic E-state index is 12.8. The molecule has 1 aliphatic rings. The number of fused-ring (bicyclic) bond motifs is 1. The van der Waals surface area contributed by atoms with Crippen LogP contribution >= 0.6 is 11.3 Å². The Morgan fingerprint density at radius 2 is 1.94 bits per heavy atom. The van der Waals surface area contributed by atoms with Gasteiger partial charge in [-0.15, -0.1) is 5.10 Å². The highest BCUT2D eigenvalue weighted by atomic mass is 32.1. The van der Waals surface area contributed by atoms with E-state index in [4.69, 9.17) is 4.74 Å². The van der Waals surface area contributed by atoms with Crippen LogP contribution in [0.15, 0.2) is 67.0 Å². The van der Waals surface area contributed by atoms with E-state index in [0.29, 0.717) is 24.1 Å². The maximum Gasteiger partial charge on any atom is 0.344 e. The zero-order chi connectivity index (χ0) is 24.4. The minimum atomic E-state index is -0.110. The number of carbonyl (C=O) groups excluding carboxylic acids is 1. The Hall–Kier alpha value is -3.69. The van der Waals surface area contributed by atoms with Crippen molar-refractivity contribution in [3.63, 3.8) is 0 Å². The number of hydrogen-bond acceptors (Lipinski definition) is 7. The first-order chi connectivity index (χ1) is 16.9. The molecule has 9 heteroatoms. The Bertz CT molecular complexity index is 1340. The fraction of sp³-hybridized carbons (Fsp3) is 0.269. The standard InChI is InChI=1S/C26H28N6O2S/c1-18(2)27-24-8-9-32(29-24)26(33)31-12-10-30(11-13-31)17-20-14-19(3)15-21(16-20)34-25-28-22-6-4-5-7-23(22)35-25/h4-9,14-16H,1,10-13,17H2,2-3H3,(H,27,29). The smallest absolute Gasteiger partial charge is 0.344 e. The highest BCUT2D eigenvalue weighted by Crippen LogP contribution is 2.32. The van der Waals surface area contributed by atoms with Gasteiger partial charge in [-0.05, 0) is 49.2 Å². The van der Waals surface area contributed by atoms with Gasteiger partial charge in [-0.1, -0.05) is 36.1 Å². The van der Waals surface area contributed by atoms with Crippen molar-refractivity contribution < 1.29 is 9.53 Å². The second-order valence-electron chi connectivity index (χ2n) is 8.80. The SMILES string of the molecule is C=C(C)Nc1ccn(C(=O)N2CCN(Cc3cc(C)cc(Oc4nc5ccccc5s4)c3)CC2)n1. The molecule has 8 nitrogen and oxygen atoms in total. The van der Waals surface area contributed by atoms with Crippen LogP contribution in [0.3, 0.4) is 0 Å². The quantitative estimate of drug-likeness (QED) is 0.396. The van der Waals surface area contributed by atoms with Crippen LogP contribution in [0.4, 0.5) is 10.6 Å². The van der Waals surface area contributed by atoms with E-state index >= 15 is 0 Å². The molecule has 0 spiro atoms. The van der Waals surface area contributed by atoms with Crippen LogP contribution in [0.5, 0.6) is 10.9 Å². The summed E-state index contributed by atoms with van der Waals surface area (Å²) in [6, 6.07) is 16.0. The molecular weight excluding hydrogens is 460 g/mol. The predicted molar refractivity (Wildman–Crippen MR) is 139 cm³/mol. The minimum Gasteiger partial charge on any atom is -0.431 e. The highest BCUT2D eigenvalue weighted by molar-refractivity contribution is 7.20. The molecule has 1 N–H and O–H groups in total. The molecule has 0 bridgehead atoms. The lowest BCUT2D eigenvalue weighted by Crippen LogP contribution is -2.49. The van der Waals surface area contributed by atoms with Gasteiger partial charge < -0.3 is 15.0 Å². The van der Waals surface area contributed by atoms with Gasteiger partial charge in [0.25, 0.3) is 5.19 Å². The lowest BCUT2D eigenvalue weighted by Gasteiger charge is -2.34. The Morgan fingerprint density at radius 3 is 2.71 bits per heavy atom. The second kappa shape index (κ2) is 9.89. The largest absolute Gasteiger partial charge is 0.431 e. The fourth-order valence-corrected chi connectivity index (χ4v) is 5.02. The molecule has 2 aromatic carbocycles.